The van der Waals surface area contributed by atoms with Crippen molar-refractivity contribution in [1.82, 2.24) is 4.84 Å². The summed E-state index contributed by atoms with van der Waals surface area (Å²) in [6, 6.07) is 0. The first-order valence-corrected chi connectivity index (χ1v) is 4.84. The lowest BCUT2D eigenvalue weighted by molar-refractivity contribution is -0.139. The second-order valence-corrected chi connectivity index (χ2v) is 3.78. The third-order valence-corrected chi connectivity index (χ3v) is 2.90. The second-order valence-electron chi connectivity index (χ2n) is 2.44. The van der Waals surface area contributed by atoms with E-state index in [4.69, 9.17) is 11.8 Å². The molecule has 1 aliphatic heterocycles. The summed E-state index contributed by atoms with van der Waals surface area (Å²) >= 11 is 6.81. The lowest BCUT2D eigenvalue weighted by atomic mass is 10.2. The number of hydrogen-bond donors (Lipinski definition) is 1. The maximum atomic E-state index is 11.0. The molecule has 0 aromatic heterocycles. The molecule has 0 aromatic rings. The number of esters is 1. The molecule has 1 aliphatic rings. The smallest absolute Gasteiger partial charge is 0.319 e. The number of ether oxygens (including phenoxy) is 1. The summed E-state index contributed by atoms with van der Waals surface area (Å²) < 4.78 is 4.61. The van der Waals surface area contributed by atoms with Crippen molar-refractivity contribution in [3.8, 4) is 0 Å². The molecule has 0 radical (unpaired) electrons. The van der Waals surface area contributed by atoms with Gasteiger partial charge in [-0.05, 0) is 29.2 Å². The van der Waals surface area contributed by atoms with Gasteiger partial charge in [-0.25, -0.2) is 4.84 Å². The van der Waals surface area contributed by atoms with E-state index in [9.17, 15) is 4.79 Å². The van der Waals surface area contributed by atoms with E-state index in [0.717, 1.165) is 12.0 Å². The molecule has 1 N–H and O–H groups in total. The van der Waals surface area contributed by atoms with Crippen LogP contribution in [0.4, 0.5) is 0 Å². The molecule has 0 amide bonds. The van der Waals surface area contributed by atoms with Crippen molar-refractivity contribution in [3.05, 3.63) is 11.0 Å². The normalized spacial score (nSPS) is 22.2. The van der Waals surface area contributed by atoms with Gasteiger partial charge in [-0.3, -0.25) is 4.79 Å². The third kappa shape index (κ3) is 2.40. The molecular weight excluding hydrogens is 198 g/mol. The molecule has 1 rings (SSSR count). The number of rotatable bonds is 3. The van der Waals surface area contributed by atoms with Gasteiger partial charge in [0.05, 0.1) is 7.11 Å². The molecule has 0 aromatic carbocycles. The molecule has 0 aliphatic carbocycles. The predicted octanol–water partition coefficient (Wildman–Crippen LogP) is 1.29. The summed E-state index contributed by atoms with van der Waals surface area (Å²) in [6.07, 6.45) is 0.733. The fourth-order valence-electron chi connectivity index (χ4n) is 0.983. The molecule has 0 saturated heterocycles. The maximum Gasteiger partial charge on any atom is 0.319 e. The Morgan fingerprint density at radius 3 is 3.33 bits per heavy atom. The Balaban J connectivity index is 2.36. The first kappa shape index (κ1) is 9.89. The zero-order valence-electron chi connectivity index (χ0n) is 6.67. The van der Waals surface area contributed by atoms with Crippen LogP contribution in [0.2, 0.25) is 0 Å². The molecule has 1 unspecified atom stereocenters. The van der Waals surface area contributed by atoms with E-state index in [1.54, 1.807) is 0 Å². The standard InChI is InChI=1S/C7H10ClNO2S/c1-11-7(10)6-2-5(3-9-8)4-12-6/h4,6,9H,2-3H2,1H3. The van der Waals surface area contributed by atoms with Gasteiger partial charge < -0.3 is 4.74 Å². The van der Waals surface area contributed by atoms with Crippen LogP contribution in [0.3, 0.4) is 0 Å². The van der Waals surface area contributed by atoms with E-state index in [2.05, 4.69) is 9.57 Å². The highest BCUT2D eigenvalue weighted by molar-refractivity contribution is 8.03. The van der Waals surface area contributed by atoms with Crippen LogP contribution in [0, 0.1) is 0 Å². The minimum absolute atomic E-state index is 0.0741. The Morgan fingerprint density at radius 2 is 2.75 bits per heavy atom. The molecule has 0 saturated carbocycles. The summed E-state index contributed by atoms with van der Waals surface area (Å²) in [5.41, 5.74) is 1.14. The van der Waals surface area contributed by atoms with Crippen LogP contribution in [-0.2, 0) is 9.53 Å². The lowest BCUT2D eigenvalue weighted by Crippen LogP contribution is -2.17. The van der Waals surface area contributed by atoms with E-state index in [1.807, 2.05) is 5.41 Å². The van der Waals surface area contributed by atoms with Crippen LogP contribution in [0.15, 0.2) is 11.0 Å². The van der Waals surface area contributed by atoms with Crippen LogP contribution in [0.1, 0.15) is 6.42 Å². The number of hydrogen-bond acceptors (Lipinski definition) is 4. The monoisotopic (exact) mass is 207 g/mol. The minimum Gasteiger partial charge on any atom is -0.468 e. The highest BCUT2D eigenvalue weighted by Gasteiger charge is 2.24. The Bertz CT molecular complexity index is 208. The van der Waals surface area contributed by atoms with Gasteiger partial charge in [-0.1, -0.05) is 0 Å². The fraction of sp³-hybridized carbons (Fsp3) is 0.571. The van der Waals surface area contributed by atoms with Crippen LogP contribution in [-0.4, -0.2) is 24.9 Å². The van der Waals surface area contributed by atoms with E-state index in [0.29, 0.717) is 6.54 Å². The van der Waals surface area contributed by atoms with Gasteiger partial charge in [0.15, 0.2) is 0 Å². The van der Waals surface area contributed by atoms with Gasteiger partial charge in [0.25, 0.3) is 0 Å². The summed E-state index contributed by atoms with van der Waals surface area (Å²) in [6.45, 7) is 0.627. The molecular formula is C7H10ClNO2S. The highest BCUT2D eigenvalue weighted by Crippen LogP contribution is 2.30. The Kier molecular flexibility index (Phi) is 3.91. The lowest BCUT2D eigenvalue weighted by Gasteiger charge is -2.05. The van der Waals surface area contributed by atoms with Gasteiger partial charge in [-0.2, -0.15) is 0 Å². The molecule has 5 heteroatoms. The number of nitrogens with one attached hydrogen (secondary N) is 1. The zero-order valence-corrected chi connectivity index (χ0v) is 8.24. The SMILES string of the molecule is COC(=O)C1CC(CNCl)=CS1. The Morgan fingerprint density at radius 1 is 2.00 bits per heavy atom. The van der Waals surface area contributed by atoms with Crippen LogP contribution >= 0.6 is 23.5 Å². The van der Waals surface area contributed by atoms with Crippen molar-refractivity contribution in [2.75, 3.05) is 13.7 Å². The van der Waals surface area contributed by atoms with Crippen molar-refractivity contribution in [2.45, 2.75) is 11.7 Å². The number of carbonyl (C=O) groups is 1. The third-order valence-electron chi connectivity index (χ3n) is 1.60. The van der Waals surface area contributed by atoms with Gasteiger partial charge in [0, 0.05) is 6.54 Å². The van der Waals surface area contributed by atoms with Crippen molar-refractivity contribution in [2.24, 2.45) is 0 Å². The van der Waals surface area contributed by atoms with Crippen LogP contribution in [0.5, 0.6) is 0 Å². The first-order valence-electron chi connectivity index (χ1n) is 3.52. The molecule has 0 spiro atoms. The van der Waals surface area contributed by atoms with Crippen molar-refractivity contribution in [3.63, 3.8) is 0 Å². The quantitative estimate of drug-likeness (QED) is 0.559. The number of halogens is 1. The molecule has 1 heterocycles. The summed E-state index contributed by atoms with van der Waals surface area (Å²) in [5.74, 6) is -0.166. The largest absolute Gasteiger partial charge is 0.468 e. The average molecular weight is 208 g/mol. The number of thioether (sulfide) groups is 1. The zero-order chi connectivity index (χ0) is 8.97. The summed E-state index contributed by atoms with van der Waals surface area (Å²) in [5, 5.41) is 1.88. The highest BCUT2D eigenvalue weighted by atomic mass is 35.5. The molecule has 3 nitrogen and oxygen atoms in total. The van der Waals surface area contributed by atoms with Crippen molar-refractivity contribution < 1.29 is 9.53 Å². The molecule has 1 atom stereocenters. The van der Waals surface area contributed by atoms with E-state index in [1.165, 1.54) is 18.9 Å². The van der Waals surface area contributed by atoms with Gasteiger partial charge in [-0.15, -0.1) is 11.8 Å². The molecule has 0 bridgehead atoms. The first-order chi connectivity index (χ1) is 5.77. The summed E-state index contributed by atoms with van der Waals surface area (Å²) in [7, 11) is 1.40. The topological polar surface area (TPSA) is 38.3 Å². The Labute approximate surface area is 80.6 Å². The Hall–Kier alpha value is -0.190. The van der Waals surface area contributed by atoms with E-state index in [-0.39, 0.29) is 11.2 Å². The maximum absolute atomic E-state index is 11.0. The minimum atomic E-state index is -0.166. The van der Waals surface area contributed by atoms with Crippen molar-refractivity contribution in [1.29, 1.82) is 0 Å². The van der Waals surface area contributed by atoms with E-state index >= 15 is 0 Å². The average Bonchev–Trinajstić information content (AvgIpc) is 2.52. The molecule has 12 heavy (non-hydrogen) atoms. The molecule has 0 fully saturated rings. The van der Waals surface area contributed by atoms with Gasteiger partial charge in [0.2, 0.25) is 0 Å². The number of carbonyl (C=O) groups excluding carboxylic acids is 1. The van der Waals surface area contributed by atoms with E-state index < -0.39 is 0 Å². The van der Waals surface area contributed by atoms with Gasteiger partial charge in [0.1, 0.15) is 5.25 Å². The number of methoxy groups -OCH3 is 1. The second kappa shape index (κ2) is 4.74. The van der Waals surface area contributed by atoms with Gasteiger partial charge >= 0.3 is 5.97 Å². The summed E-state index contributed by atoms with van der Waals surface area (Å²) in [4.78, 5) is 13.6. The van der Waals surface area contributed by atoms with Crippen LogP contribution < -0.4 is 4.84 Å². The fourth-order valence-corrected chi connectivity index (χ4v) is 2.21. The predicted molar refractivity (Wildman–Crippen MR) is 50.0 cm³/mol. The van der Waals surface area contributed by atoms with Crippen LogP contribution in [0.25, 0.3) is 0 Å². The molecule has 68 valence electrons. The van der Waals surface area contributed by atoms with Crippen molar-refractivity contribution >= 4 is 29.5 Å².